The number of hydrogen-bond donors (Lipinski definition) is 3. The molecule has 7 nitrogen and oxygen atoms in total. The van der Waals surface area contributed by atoms with Crippen LogP contribution in [-0.4, -0.2) is 33.0 Å². The highest BCUT2D eigenvalue weighted by Gasteiger charge is 2.14. The van der Waals surface area contributed by atoms with Crippen LogP contribution >= 0.6 is 0 Å². The minimum atomic E-state index is -3.41. The van der Waals surface area contributed by atoms with Gasteiger partial charge in [0.2, 0.25) is 15.9 Å². The van der Waals surface area contributed by atoms with Gasteiger partial charge in [-0.05, 0) is 41.3 Å². The van der Waals surface area contributed by atoms with E-state index in [-0.39, 0.29) is 17.9 Å². The van der Waals surface area contributed by atoms with Gasteiger partial charge in [0, 0.05) is 11.3 Å². The van der Waals surface area contributed by atoms with Crippen LogP contribution in [0.4, 0.5) is 11.4 Å². The number of rotatable bonds is 6. The smallest absolute Gasteiger partial charge is 0.251 e. The standard InChI is InChI=1S/C20H25N3O4S/c1-20(2,3)15-10-8-14(9-11-15)19(25)21-13-18(24)22-16-6-5-7-17(12-16)23-28(4,26)27/h5-12,23H,13H2,1-4H3,(H,21,25)(H,22,24). The first kappa shape index (κ1) is 21.4. The minimum Gasteiger partial charge on any atom is -0.343 e. The maximum Gasteiger partial charge on any atom is 0.251 e. The number of nitrogens with one attached hydrogen (secondary N) is 3. The fourth-order valence-corrected chi connectivity index (χ4v) is 3.02. The van der Waals surface area contributed by atoms with Gasteiger partial charge in [-0.3, -0.25) is 14.3 Å². The molecule has 0 saturated heterocycles. The van der Waals surface area contributed by atoms with Gasteiger partial charge in [-0.25, -0.2) is 8.42 Å². The molecule has 0 bridgehead atoms. The second kappa shape index (κ2) is 8.43. The Kier molecular flexibility index (Phi) is 6.45. The molecule has 28 heavy (non-hydrogen) atoms. The third kappa shape index (κ3) is 6.70. The zero-order valence-corrected chi connectivity index (χ0v) is 17.2. The van der Waals surface area contributed by atoms with Crippen molar-refractivity contribution in [3.8, 4) is 0 Å². The molecule has 0 radical (unpaired) electrons. The summed E-state index contributed by atoms with van der Waals surface area (Å²) < 4.78 is 24.9. The molecule has 2 rings (SSSR count). The van der Waals surface area contributed by atoms with Crippen LogP contribution in [0.2, 0.25) is 0 Å². The number of anilines is 2. The van der Waals surface area contributed by atoms with Gasteiger partial charge >= 0.3 is 0 Å². The van der Waals surface area contributed by atoms with Crippen LogP contribution in [0.5, 0.6) is 0 Å². The molecular weight excluding hydrogens is 378 g/mol. The molecule has 0 heterocycles. The summed E-state index contributed by atoms with van der Waals surface area (Å²) in [6, 6.07) is 13.6. The summed E-state index contributed by atoms with van der Waals surface area (Å²) in [5, 5.41) is 5.18. The van der Waals surface area contributed by atoms with Crippen molar-refractivity contribution in [1.82, 2.24) is 5.32 Å². The highest BCUT2D eigenvalue weighted by Crippen LogP contribution is 2.22. The lowest BCUT2D eigenvalue weighted by atomic mass is 9.87. The Hall–Kier alpha value is -2.87. The molecule has 0 aliphatic rings. The molecule has 0 aromatic heterocycles. The average Bonchev–Trinajstić information content (AvgIpc) is 2.58. The molecule has 0 aliphatic carbocycles. The molecule has 0 fully saturated rings. The van der Waals surface area contributed by atoms with Gasteiger partial charge in [-0.2, -0.15) is 0 Å². The molecule has 3 N–H and O–H groups in total. The van der Waals surface area contributed by atoms with Gasteiger partial charge in [0.15, 0.2) is 0 Å². The normalized spacial score (nSPS) is 11.6. The van der Waals surface area contributed by atoms with Crippen LogP contribution in [0.3, 0.4) is 0 Å². The second-order valence-electron chi connectivity index (χ2n) is 7.51. The van der Waals surface area contributed by atoms with E-state index in [1.165, 1.54) is 6.07 Å². The number of hydrogen-bond acceptors (Lipinski definition) is 4. The molecule has 0 spiro atoms. The number of amides is 2. The predicted molar refractivity (Wildman–Crippen MR) is 111 cm³/mol. The lowest BCUT2D eigenvalue weighted by Gasteiger charge is -2.19. The second-order valence-corrected chi connectivity index (χ2v) is 9.26. The van der Waals surface area contributed by atoms with Gasteiger partial charge < -0.3 is 10.6 Å². The fraction of sp³-hybridized carbons (Fsp3) is 0.300. The predicted octanol–water partition coefficient (Wildman–Crippen LogP) is 2.72. The van der Waals surface area contributed by atoms with Crippen molar-refractivity contribution in [2.75, 3.05) is 22.8 Å². The Bertz CT molecular complexity index is 962. The maximum absolute atomic E-state index is 12.2. The molecule has 8 heteroatoms. The van der Waals surface area contributed by atoms with Gasteiger partial charge in [0.1, 0.15) is 0 Å². The van der Waals surface area contributed by atoms with Crippen LogP contribution in [0.15, 0.2) is 48.5 Å². The number of carbonyl (C=O) groups excluding carboxylic acids is 2. The van der Waals surface area contributed by atoms with Crippen molar-refractivity contribution in [2.24, 2.45) is 0 Å². The van der Waals surface area contributed by atoms with Crippen molar-refractivity contribution in [2.45, 2.75) is 26.2 Å². The van der Waals surface area contributed by atoms with E-state index in [1.807, 2.05) is 12.1 Å². The van der Waals surface area contributed by atoms with Crippen LogP contribution in [0.1, 0.15) is 36.7 Å². The Labute approximate surface area is 165 Å². The lowest BCUT2D eigenvalue weighted by molar-refractivity contribution is -0.115. The monoisotopic (exact) mass is 403 g/mol. The highest BCUT2D eigenvalue weighted by molar-refractivity contribution is 7.92. The maximum atomic E-state index is 12.2. The summed E-state index contributed by atoms with van der Waals surface area (Å²) in [6.07, 6.45) is 1.04. The molecule has 0 atom stereocenters. The molecule has 150 valence electrons. The summed E-state index contributed by atoms with van der Waals surface area (Å²) in [4.78, 5) is 24.3. The van der Waals surface area contributed by atoms with Crippen molar-refractivity contribution < 1.29 is 18.0 Å². The van der Waals surface area contributed by atoms with E-state index in [9.17, 15) is 18.0 Å². The van der Waals surface area contributed by atoms with Crippen molar-refractivity contribution >= 4 is 33.2 Å². The molecule has 0 unspecified atom stereocenters. The van der Waals surface area contributed by atoms with E-state index in [1.54, 1.807) is 30.3 Å². The SMILES string of the molecule is CC(C)(C)c1ccc(C(=O)NCC(=O)Nc2cccc(NS(C)(=O)=O)c2)cc1. The Morgan fingerprint density at radius 3 is 2.14 bits per heavy atom. The fourth-order valence-electron chi connectivity index (χ4n) is 2.46. The quantitative estimate of drug-likeness (QED) is 0.690. The first-order valence-corrected chi connectivity index (χ1v) is 10.6. The molecule has 2 aromatic carbocycles. The number of sulfonamides is 1. The van der Waals surface area contributed by atoms with Crippen LogP contribution < -0.4 is 15.4 Å². The molecule has 0 aliphatic heterocycles. The third-order valence-electron chi connectivity index (χ3n) is 3.87. The van der Waals surface area contributed by atoms with E-state index < -0.39 is 15.9 Å². The zero-order valence-electron chi connectivity index (χ0n) is 16.4. The van der Waals surface area contributed by atoms with Gasteiger partial charge in [-0.15, -0.1) is 0 Å². The molecule has 0 saturated carbocycles. The van der Waals surface area contributed by atoms with E-state index in [4.69, 9.17) is 0 Å². The van der Waals surface area contributed by atoms with Crippen LogP contribution in [0.25, 0.3) is 0 Å². The van der Waals surface area contributed by atoms with Crippen molar-refractivity contribution in [1.29, 1.82) is 0 Å². The third-order valence-corrected chi connectivity index (χ3v) is 4.48. The van der Waals surface area contributed by atoms with E-state index in [0.29, 0.717) is 16.9 Å². The zero-order chi connectivity index (χ0) is 20.9. The first-order valence-electron chi connectivity index (χ1n) is 8.70. The van der Waals surface area contributed by atoms with Crippen molar-refractivity contribution in [3.05, 3.63) is 59.7 Å². The lowest BCUT2D eigenvalue weighted by Crippen LogP contribution is -2.32. The van der Waals surface area contributed by atoms with E-state index in [0.717, 1.165) is 11.8 Å². The Balaban J connectivity index is 1.92. The van der Waals surface area contributed by atoms with E-state index >= 15 is 0 Å². The van der Waals surface area contributed by atoms with Crippen LogP contribution in [0, 0.1) is 0 Å². The topological polar surface area (TPSA) is 104 Å². The number of carbonyl (C=O) groups is 2. The largest absolute Gasteiger partial charge is 0.343 e. The summed E-state index contributed by atoms with van der Waals surface area (Å²) >= 11 is 0. The minimum absolute atomic E-state index is 0.00457. The Morgan fingerprint density at radius 2 is 1.57 bits per heavy atom. The summed E-state index contributed by atoms with van der Waals surface area (Å²) in [7, 11) is -3.41. The first-order chi connectivity index (χ1) is 12.9. The molecular formula is C20H25N3O4S. The van der Waals surface area contributed by atoms with Gasteiger partial charge in [0.05, 0.1) is 18.5 Å². The van der Waals surface area contributed by atoms with E-state index in [2.05, 4.69) is 36.1 Å². The summed E-state index contributed by atoms with van der Waals surface area (Å²) in [6.45, 7) is 6.07. The molecule has 2 amide bonds. The Morgan fingerprint density at radius 1 is 0.964 bits per heavy atom. The highest BCUT2D eigenvalue weighted by atomic mass is 32.2. The van der Waals surface area contributed by atoms with Crippen molar-refractivity contribution in [3.63, 3.8) is 0 Å². The van der Waals surface area contributed by atoms with Gasteiger partial charge in [0.25, 0.3) is 5.91 Å². The average molecular weight is 404 g/mol. The summed E-state index contributed by atoms with van der Waals surface area (Å²) in [5.74, 6) is -0.765. The summed E-state index contributed by atoms with van der Waals surface area (Å²) in [5.41, 5.74) is 2.34. The number of benzene rings is 2. The van der Waals surface area contributed by atoms with Gasteiger partial charge in [-0.1, -0.05) is 39.0 Å². The van der Waals surface area contributed by atoms with Crippen LogP contribution in [-0.2, 0) is 20.2 Å². The molecule has 2 aromatic rings.